The van der Waals surface area contributed by atoms with E-state index in [2.05, 4.69) is 18.2 Å². The van der Waals surface area contributed by atoms with Gasteiger partial charge in [-0.1, -0.05) is 24.3 Å². The maximum atomic E-state index is 13.3. The van der Waals surface area contributed by atoms with Crippen molar-refractivity contribution in [3.63, 3.8) is 0 Å². The highest BCUT2D eigenvalue weighted by atomic mass is 16.2. The summed E-state index contributed by atoms with van der Waals surface area (Å²) in [7, 11) is 0. The van der Waals surface area contributed by atoms with E-state index in [0.717, 1.165) is 33.7 Å². The van der Waals surface area contributed by atoms with Crippen molar-refractivity contribution in [2.45, 2.75) is 72.5 Å². The lowest BCUT2D eigenvalue weighted by Gasteiger charge is -2.31. The van der Waals surface area contributed by atoms with Crippen LogP contribution in [0.4, 0.5) is 5.69 Å². The van der Waals surface area contributed by atoms with E-state index in [1.165, 1.54) is 0 Å². The molecule has 0 spiro atoms. The second-order valence-electron chi connectivity index (χ2n) is 9.73. The fourth-order valence-corrected chi connectivity index (χ4v) is 5.08. The Kier molecular flexibility index (Phi) is 6.28. The van der Waals surface area contributed by atoms with Gasteiger partial charge in [0, 0.05) is 36.7 Å². The van der Waals surface area contributed by atoms with Crippen LogP contribution in [-0.4, -0.2) is 44.9 Å². The summed E-state index contributed by atoms with van der Waals surface area (Å²) in [4.78, 5) is 35.1. The van der Waals surface area contributed by atoms with Crippen molar-refractivity contribution in [3.05, 3.63) is 59.4 Å². The molecule has 6 heteroatoms. The number of nitrogens with zero attached hydrogens (tertiary/aromatic N) is 4. The molecule has 33 heavy (non-hydrogen) atoms. The predicted octanol–water partition coefficient (Wildman–Crippen LogP) is 4.82. The van der Waals surface area contributed by atoms with Gasteiger partial charge in [0.05, 0.1) is 11.0 Å². The zero-order chi connectivity index (χ0) is 23.9. The number of fused-ring (bicyclic) bond motifs is 1. The van der Waals surface area contributed by atoms with Crippen molar-refractivity contribution in [1.82, 2.24) is 14.5 Å². The van der Waals surface area contributed by atoms with E-state index in [9.17, 15) is 9.59 Å². The third kappa shape index (κ3) is 4.39. The second kappa shape index (κ2) is 9.00. The molecule has 1 unspecified atom stereocenters. The predicted molar refractivity (Wildman–Crippen MR) is 132 cm³/mol. The molecule has 0 saturated carbocycles. The van der Waals surface area contributed by atoms with Crippen molar-refractivity contribution in [1.29, 1.82) is 0 Å². The first-order valence-corrected chi connectivity index (χ1v) is 11.8. The average Bonchev–Trinajstić information content (AvgIpc) is 3.30. The Bertz CT molecular complexity index is 1190. The van der Waals surface area contributed by atoms with Crippen molar-refractivity contribution >= 4 is 28.5 Å². The highest BCUT2D eigenvalue weighted by Crippen LogP contribution is 2.35. The molecule has 174 valence electrons. The Hall–Kier alpha value is -3.15. The van der Waals surface area contributed by atoms with Gasteiger partial charge in [0.2, 0.25) is 11.8 Å². The molecule has 0 N–H and O–H groups in total. The summed E-state index contributed by atoms with van der Waals surface area (Å²) < 4.78 is 2.03. The molecule has 1 saturated heterocycles. The van der Waals surface area contributed by atoms with E-state index in [1.54, 1.807) is 0 Å². The first kappa shape index (κ1) is 23.0. The number of anilines is 1. The van der Waals surface area contributed by atoms with E-state index in [4.69, 9.17) is 4.98 Å². The van der Waals surface area contributed by atoms with Crippen LogP contribution < -0.4 is 4.90 Å². The molecule has 1 aromatic heterocycles. The summed E-state index contributed by atoms with van der Waals surface area (Å²) in [5, 5.41) is 0. The number of imidazole rings is 1. The number of carbonyl (C=O) groups excluding carboxylic acids is 2. The fraction of sp³-hybridized carbons (Fsp3) is 0.444. The number of aromatic nitrogens is 2. The van der Waals surface area contributed by atoms with Gasteiger partial charge >= 0.3 is 0 Å². The molecule has 1 aliphatic heterocycles. The highest BCUT2D eigenvalue weighted by Gasteiger charge is 2.36. The van der Waals surface area contributed by atoms with Gasteiger partial charge in [-0.3, -0.25) is 9.59 Å². The number of amides is 2. The lowest BCUT2D eigenvalue weighted by Crippen LogP contribution is -2.44. The Morgan fingerprint density at radius 2 is 1.79 bits per heavy atom. The van der Waals surface area contributed by atoms with Crippen molar-refractivity contribution in [2.24, 2.45) is 0 Å². The van der Waals surface area contributed by atoms with Crippen LogP contribution in [0.5, 0.6) is 0 Å². The lowest BCUT2D eigenvalue weighted by molar-refractivity contribution is -0.135. The van der Waals surface area contributed by atoms with Crippen LogP contribution in [-0.2, 0) is 16.1 Å². The second-order valence-corrected chi connectivity index (χ2v) is 9.73. The topological polar surface area (TPSA) is 58.4 Å². The Morgan fingerprint density at radius 3 is 2.48 bits per heavy atom. The van der Waals surface area contributed by atoms with Gasteiger partial charge in [0.1, 0.15) is 12.4 Å². The van der Waals surface area contributed by atoms with Gasteiger partial charge < -0.3 is 14.4 Å². The molecule has 1 fully saturated rings. The standard InChI is InChI=1S/C27H34N4O2/c1-17(2)31(18(3)4)26(33)16-30-23-10-8-7-9-22(23)28-27(30)21-14-25(32)29(15-21)24-13-19(5)11-12-20(24)6/h7-13,17-18,21H,14-16H2,1-6H3. The van der Waals surface area contributed by atoms with E-state index < -0.39 is 0 Å². The van der Waals surface area contributed by atoms with Crippen LogP contribution in [0.15, 0.2) is 42.5 Å². The molecule has 2 heterocycles. The normalized spacial score (nSPS) is 16.4. The molecular weight excluding hydrogens is 412 g/mol. The minimum Gasteiger partial charge on any atom is -0.336 e. The number of para-hydroxylation sites is 2. The van der Waals surface area contributed by atoms with Crippen LogP contribution in [0.25, 0.3) is 11.0 Å². The maximum Gasteiger partial charge on any atom is 0.243 e. The molecule has 1 atom stereocenters. The summed E-state index contributed by atoms with van der Waals surface area (Å²) in [6, 6.07) is 14.3. The van der Waals surface area contributed by atoms with Crippen LogP contribution >= 0.6 is 0 Å². The fourth-order valence-electron chi connectivity index (χ4n) is 5.08. The average molecular weight is 447 g/mol. The van der Waals surface area contributed by atoms with Crippen molar-refractivity contribution in [3.8, 4) is 0 Å². The van der Waals surface area contributed by atoms with Gasteiger partial charge in [-0.15, -0.1) is 0 Å². The van der Waals surface area contributed by atoms with Gasteiger partial charge in [0.15, 0.2) is 0 Å². The lowest BCUT2D eigenvalue weighted by atomic mass is 10.1. The minimum absolute atomic E-state index is 0.0656. The molecule has 3 aromatic rings. The number of aryl methyl sites for hydroxylation is 2. The van der Waals surface area contributed by atoms with E-state index >= 15 is 0 Å². The SMILES string of the molecule is Cc1ccc(C)c(N2CC(c3nc4ccccc4n3CC(=O)N(C(C)C)C(C)C)CC2=O)c1. The monoisotopic (exact) mass is 446 g/mol. The third-order valence-corrected chi connectivity index (χ3v) is 6.52. The van der Waals surface area contributed by atoms with Crippen LogP contribution in [0.1, 0.15) is 57.0 Å². The molecule has 4 rings (SSSR count). The van der Waals surface area contributed by atoms with E-state index in [1.807, 2.05) is 80.2 Å². The zero-order valence-corrected chi connectivity index (χ0v) is 20.5. The van der Waals surface area contributed by atoms with E-state index in [0.29, 0.717) is 13.0 Å². The Balaban J connectivity index is 1.71. The van der Waals surface area contributed by atoms with Crippen LogP contribution in [0.2, 0.25) is 0 Å². The smallest absolute Gasteiger partial charge is 0.243 e. The highest BCUT2D eigenvalue weighted by molar-refractivity contribution is 5.97. The summed E-state index contributed by atoms with van der Waals surface area (Å²) in [5.41, 5.74) is 4.98. The Labute approximate surface area is 196 Å². The molecule has 2 amide bonds. The van der Waals surface area contributed by atoms with Gasteiger partial charge in [0.25, 0.3) is 0 Å². The summed E-state index contributed by atoms with van der Waals surface area (Å²) in [6.07, 6.45) is 0.392. The number of carbonyl (C=O) groups is 2. The van der Waals surface area contributed by atoms with Crippen molar-refractivity contribution < 1.29 is 9.59 Å². The molecule has 1 aliphatic rings. The molecule has 6 nitrogen and oxygen atoms in total. The van der Waals surface area contributed by atoms with Gasteiger partial charge in [-0.05, 0) is 70.9 Å². The summed E-state index contributed by atoms with van der Waals surface area (Å²) in [6.45, 7) is 13.0. The number of rotatable bonds is 6. The molecule has 0 aliphatic carbocycles. The minimum atomic E-state index is -0.0656. The molecule has 2 aromatic carbocycles. The molecular formula is C27H34N4O2. The maximum absolute atomic E-state index is 13.3. The summed E-state index contributed by atoms with van der Waals surface area (Å²) in [5.74, 6) is 0.923. The number of benzene rings is 2. The third-order valence-electron chi connectivity index (χ3n) is 6.52. The largest absolute Gasteiger partial charge is 0.336 e. The number of hydrogen-bond donors (Lipinski definition) is 0. The summed E-state index contributed by atoms with van der Waals surface area (Å²) >= 11 is 0. The molecule has 0 bridgehead atoms. The zero-order valence-electron chi connectivity index (χ0n) is 20.5. The Morgan fingerprint density at radius 1 is 1.09 bits per heavy atom. The molecule has 0 radical (unpaired) electrons. The number of hydrogen-bond acceptors (Lipinski definition) is 3. The van der Waals surface area contributed by atoms with Gasteiger partial charge in [-0.25, -0.2) is 4.98 Å². The first-order chi connectivity index (χ1) is 15.7. The van der Waals surface area contributed by atoms with Gasteiger partial charge in [-0.2, -0.15) is 0 Å². The van der Waals surface area contributed by atoms with E-state index in [-0.39, 0.29) is 36.4 Å². The quantitative estimate of drug-likeness (QED) is 0.545. The van der Waals surface area contributed by atoms with Crippen molar-refractivity contribution in [2.75, 3.05) is 11.4 Å². The van der Waals surface area contributed by atoms with Crippen LogP contribution in [0, 0.1) is 13.8 Å². The first-order valence-electron chi connectivity index (χ1n) is 11.8. The van der Waals surface area contributed by atoms with Crippen LogP contribution in [0.3, 0.4) is 0 Å².